The molecule has 4 aromatic rings. The Morgan fingerprint density at radius 1 is 1.27 bits per heavy atom. The lowest BCUT2D eigenvalue weighted by atomic mass is 10.0. The van der Waals surface area contributed by atoms with Crippen LogP contribution in [0.25, 0.3) is 21.8 Å². The van der Waals surface area contributed by atoms with Gasteiger partial charge in [0.15, 0.2) is 9.84 Å². The lowest BCUT2D eigenvalue weighted by Gasteiger charge is -2.24. The number of halogens is 1. The highest BCUT2D eigenvalue weighted by Crippen LogP contribution is 2.38. The third-order valence-electron chi connectivity index (χ3n) is 5.98. The number of aryl methyl sites for hydroxylation is 1. The number of benzene rings is 2. The number of nitrogens with two attached hydrogens (primary N) is 1. The van der Waals surface area contributed by atoms with Crippen molar-refractivity contribution in [3.63, 3.8) is 0 Å². The van der Waals surface area contributed by atoms with Gasteiger partial charge in [-0.1, -0.05) is 6.07 Å². The third kappa shape index (κ3) is 3.27. The second kappa shape index (κ2) is 7.14. The molecule has 0 saturated heterocycles. The number of rotatable bonds is 3. The number of amides is 1. The summed E-state index contributed by atoms with van der Waals surface area (Å²) in [5.41, 5.74) is 7.49. The highest BCUT2D eigenvalue weighted by Gasteiger charge is 2.33. The Labute approximate surface area is 188 Å². The smallest absolute Gasteiger partial charge is 0.257 e. The summed E-state index contributed by atoms with van der Waals surface area (Å²) < 4.78 is 45.9. The van der Waals surface area contributed by atoms with Gasteiger partial charge in [-0.05, 0) is 18.2 Å². The van der Waals surface area contributed by atoms with E-state index < -0.39 is 27.6 Å². The number of carbonyl (C=O) groups excluding carboxylic acids is 1. The summed E-state index contributed by atoms with van der Waals surface area (Å²) in [6.07, 6.45) is 2.69. The van der Waals surface area contributed by atoms with Gasteiger partial charge in [0.05, 0.1) is 39.1 Å². The van der Waals surface area contributed by atoms with E-state index in [0.29, 0.717) is 33.1 Å². The molecule has 0 unspecified atom stereocenters. The summed E-state index contributed by atoms with van der Waals surface area (Å²) in [4.78, 5) is 19.1. The zero-order chi connectivity index (χ0) is 23.7. The minimum Gasteiger partial charge on any atom is -0.491 e. The van der Waals surface area contributed by atoms with Crippen molar-refractivity contribution in [2.45, 2.75) is 10.9 Å². The molecule has 9 nitrogen and oxygen atoms in total. The lowest BCUT2D eigenvalue weighted by molar-refractivity contribution is 0.0704. The van der Waals surface area contributed by atoms with Crippen LogP contribution in [-0.2, 0) is 16.9 Å². The Morgan fingerprint density at radius 3 is 2.76 bits per heavy atom. The number of anilines is 1. The maximum absolute atomic E-state index is 15.0. The van der Waals surface area contributed by atoms with Gasteiger partial charge in [-0.15, -0.1) is 0 Å². The summed E-state index contributed by atoms with van der Waals surface area (Å²) in [5, 5.41) is 5.37. The molecular weight excluding hydrogens is 449 g/mol. The van der Waals surface area contributed by atoms with E-state index in [0.717, 1.165) is 6.26 Å². The molecule has 1 amide bonds. The van der Waals surface area contributed by atoms with Gasteiger partial charge in [0.25, 0.3) is 5.91 Å². The number of sulfone groups is 1. The first-order valence-corrected chi connectivity index (χ1v) is 11.9. The van der Waals surface area contributed by atoms with Gasteiger partial charge < -0.3 is 15.4 Å². The van der Waals surface area contributed by atoms with E-state index in [1.54, 1.807) is 31.0 Å². The molecule has 0 spiro atoms. The predicted octanol–water partition coefficient (Wildman–Crippen LogP) is 2.45. The molecule has 0 radical (unpaired) electrons. The average Bonchev–Trinajstić information content (AvgIpc) is 3.36. The molecule has 0 fully saturated rings. The number of likely N-dealkylation sites (N-methyl/N-ethyl adjacent to an activating group) is 1. The van der Waals surface area contributed by atoms with Crippen molar-refractivity contribution >= 4 is 43.4 Å². The van der Waals surface area contributed by atoms with Crippen LogP contribution in [-0.4, -0.2) is 53.9 Å². The summed E-state index contributed by atoms with van der Waals surface area (Å²) in [6.45, 7) is 0.129. The van der Waals surface area contributed by atoms with Gasteiger partial charge >= 0.3 is 0 Å². The molecule has 2 N–H and O–H groups in total. The Morgan fingerprint density at radius 2 is 2.03 bits per heavy atom. The van der Waals surface area contributed by atoms with Crippen molar-refractivity contribution in [1.82, 2.24) is 19.7 Å². The van der Waals surface area contributed by atoms with E-state index in [1.165, 1.54) is 29.2 Å². The van der Waals surface area contributed by atoms with Gasteiger partial charge in [-0.2, -0.15) is 5.10 Å². The molecule has 1 aliphatic rings. The quantitative estimate of drug-likeness (QED) is 0.489. The van der Waals surface area contributed by atoms with Crippen LogP contribution in [0, 0.1) is 5.82 Å². The zero-order valence-corrected chi connectivity index (χ0v) is 18.9. The zero-order valence-electron chi connectivity index (χ0n) is 18.0. The number of nitrogen functional groups attached to an aromatic ring is 1. The molecule has 11 heteroatoms. The number of aromatic nitrogens is 3. The SMILES string of the molecule is CN(C(=O)c1cc2c(cc1F)nc(N)c1cnn(C)c12)[C@@H]1COc2cc(S(C)(=O)=O)ccc21. The van der Waals surface area contributed by atoms with Crippen LogP contribution in [0.3, 0.4) is 0 Å². The van der Waals surface area contributed by atoms with Gasteiger partial charge in [0.2, 0.25) is 0 Å². The van der Waals surface area contributed by atoms with Crippen molar-refractivity contribution in [3.05, 3.63) is 53.5 Å². The fourth-order valence-electron chi connectivity index (χ4n) is 4.20. The van der Waals surface area contributed by atoms with Gasteiger partial charge in [0.1, 0.15) is 24.0 Å². The number of carbonyl (C=O) groups is 1. The molecule has 2 aromatic carbocycles. The molecule has 2 aromatic heterocycles. The Hall–Kier alpha value is -3.73. The maximum Gasteiger partial charge on any atom is 0.257 e. The number of ether oxygens (including phenoxy) is 1. The molecule has 1 atom stereocenters. The maximum atomic E-state index is 15.0. The largest absolute Gasteiger partial charge is 0.491 e. The molecule has 33 heavy (non-hydrogen) atoms. The summed E-state index contributed by atoms with van der Waals surface area (Å²) in [7, 11) is -0.112. The fourth-order valence-corrected chi connectivity index (χ4v) is 4.84. The van der Waals surface area contributed by atoms with Gasteiger partial charge in [-0.3, -0.25) is 9.48 Å². The average molecular weight is 469 g/mol. The normalized spacial score (nSPS) is 15.6. The lowest BCUT2D eigenvalue weighted by Crippen LogP contribution is -2.32. The van der Waals surface area contributed by atoms with Crippen LogP contribution in [0.1, 0.15) is 22.0 Å². The second-order valence-corrected chi connectivity index (χ2v) is 10.1. The van der Waals surface area contributed by atoms with E-state index in [9.17, 15) is 13.2 Å². The number of fused-ring (bicyclic) bond motifs is 4. The predicted molar refractivity (Wildman–Crippen MR) is 120 cm³/mol. The number of hydrogen-bond acceptors (Lipinski definition) is 7. The van der Waals surface area contributed by atoms with Crippen molar-refractivity contribution in [3.8, 4) is 5.75 Å². The molecular formula is C22H20FN5O4S. The first kappa shape index (κ1) is 21.1. The Bertz CT molecular complexity index is 1580. The molecule has 5 rings (SSSR count). The van der Waals surface area contributed by atoms with E-state index >= 15 is 4.39 Å². The second-order valence-electron chi connectivity index (χ2n) is 8.09. The minimum absolute atomic E-state index is 0.125. The highest BCUT2D eigenvalue weighted by atomic mass is 32.2. The van der Waals surface area contributed by atoms with Crippen LogP contribution < -0.4 is 10.5 Å². The van der Waals surface area contributed by atoms with Crippen LogP contribution in [0.15, 0.2) is 41.4 Å². The van der Waals surface area contributed by atoms with Crippen LogP contribution >= 0.6 is 0 Å². The summed E-state index contributed by atoms with van der Waals surface area (Å²) in [5.74, 6) is -0.651. The van der Waals surface area contributed by atoms with Crippen LogP contribution in [0.2, 0.25) is 0 Å². The van der Waals surface area contributed by atoms with Crippen LogP contribution in [0.5, 0.6) is 5.75 Å². The monoisotopic (exact) mass is 469 g/mol. The van der Waals surface area contributed by atoms with E-state index in [2.05, 4.69) is 10.1 Å². The van der Waals surface area contributed by atoms with Crippen LogP contribution in [0.4, 0.5) is 10.2 Å². The summed E-state index contributed by atoms with van der Waals surface area (Å²) >= 11 is 0. The number of nitrogens with zero attached hydrogens (tertiary/aromatic N) is 4. The topological polar surface area (TPSA) is 120 Å². The third-order valence-corrected chi connectivity index (χ3v) is 7.09. The van der Waals surface area contributed by atoms with Gasteiger partial charge in [0, 0.05) is 37.4 Å². The number of hydrogen-bond donors (Lipinski definition) is 1. The Balaban J connectivity index is 1.56. The molecule has 170 valence electrons. The van der Waals surface area contributed by atoms with Gasteiger partial charge in [-0.25, -0.2) is 17.8 Å². The molecule has 3 heterocycles. The minimum atomic E-state index is -3.40. The first-order chi connectivity index (χ1) is 15.6. The van der Waals surface area contributed by atoms with E-state index in [-0.39, 0.29) is 22.9 Å². The summed E-state index contributed by atoms with van der Waals surface area (Å²) in [6, 6.07) is 6.68. The van der Waals surface area contributed by atoms with Crippen molar-refractivity contribution in [2.75, 3.05) is 25.6 Å². The Kier molecular flexibility index (Phi) is 4.57. The fraction of sp³-hybridized carbons (Fsp3) is 0.227. The molecule has 0 aliphatic carbocycles. The van der Waals surface area contributed by atoms with Crippen molar-refractivity contribution in [1.29, 1.82) is 0 Å². The molecule has 1 aliphatic heterocycles. The van der Waals surface area contributed by atoms with Crippen molar-refractivity contribution < 1.29 is 22.3 Å². The number of pyridine rings is 1. The standard InChI is InChI=1S/C22H20FN5O4S/c1-27(18-10-32-19-6-11(33(3,30)31)4-5-12(18)19)22(29)13-7-14-17(8-16(13)23)26-21(24)15-9-25-28(2)20(14)15/h4-9,18H,10H2,1-3H3,(H2,24,26)/t18-/m1/s1. The van der Waals surface area contributed by atoms with E-state index in [4.69, 9.17) is 10.5 Å². The molecule has 0 saturated carbocycles. The van der Waals surface area contributed by atoms with Crippen molar-refractivity contribution in [2.24, 2.45) is 7.05 Å². The first-order valence-electron chi connectivity index (χ1n) is 10.0. The van der Waals surface area contributed by atoms with E-state index in [1.807, 2.05) is 0 Å². The molecule has 0 bridgehead atoms. The highest BCUT2D eigenvalue weighted by molar-refractivity contribution is 7.90.